The molecule has 1 nitrogen and oxygen atoms in total. The molecular weight excluding hydrogens is 227 g/mol. The molecule has 1 unspecified atom stereocenters. The zero-order valence-corrected chi connectivity index (χ0v) is 10.1. The van der Waals surface area contributed by atoms with Crippen molar-refractivity contribution < 1.29 is 9.50 Å². The summed E-state index contributed by atoms with van der Waals surface area (Å²) in [4.78, 5) is 0. The Kier molecular flexibility index (Phi) is 2.78. The third-order valence-corrected chi connectivity index (χ3v) is 3.73. The van der Waals surface area contributed by atoms with Gasteiger partial charge in [0.05, 0.1) is 0 Å². The van der Waals surface area contributed by atoms with Crippen LogP contribution in [0.25, 0.3) is 0 Å². The molecule has 1 aliphatic rings. The maximum absolute atomic E-state index is 13.3. The van der Waals surface area contributed by atoms with Crippen LogP contribution in [0.4, 0.5) is 4.39 Å². The van der Waals surface area contributed by atoms with Crippen LogP contribution < -0.4 is 0 Å². The Morgan fingerprint density at radius 2 is 1.89 bits per heavy atom. The lowest BCUT2D eigenvalue weighted by Crippen LogP contribution is -2.11. The van der Waals surface area contributed by atoms with Crippen LogP contribution in [0.1, 0.15) is 35.4 Å². The highest BCUT2D eigenvalue weighted by atomic mass is 19.1. The summed E-state index contributed by atoms with van der Waals surface area (Å²) in [6, 6.07) is 12.4. The Morgan fingerprint density at radius 3 is 2.72 bits per heavy atom. The summed E-state index contributed by atoms with van der Waals surface area (Å²) in [6.07, 6.45) is 2.98. The Bertz CT molecular complexity index is 577. The number of rotatable bonds is 1. The minimum atomic E-state index is -0.174. The normalized spacial score (nSPS) is 18.4. The number of halogens is 1. The van der Waals surface area contributed by atoms with E-state index in [0.29, 0.717) is 5.75 Å². The number of para-hydroxylation sites is 1. The maximum Gasteiger partial charge on any atom is 0.123 e. The lowest BCUT2D eigenvalue weighted by Gasteiger charge is -2.26. The van der Waals surface area contributed by atoms with Gasteiger partial charge < -0.3 is 5.11 Å². The average molecular weight is 242 g/mol. The standard InChI is InChI=1S/C16H15FO/c17-12-8-9-13-11(10-12)4-3-6-14(13)15-5-1-2-7-16(15)18/h1-2,5,7-10,14,18H,3-4,6H2. The summed E-state index contributed by atoms with van der Waals surface area (Å²) in [5.74, 6) is 0.349. The number of aryl methyl sites for hydroxylation is 1. The van der Waals surface area contributed by atoms with Crippen molar-refractivity contribution in [1.29, 1.82) is 0 Å². The van der Waals surface area contributed by atoms with Crippen molar-refractivity contribution in [2.75, 3.05) is 0 Å². The van der Waals surface area contributed by atoms with E-state index < -0.39 is 0 Å². The molecule has 0 saturated heterocycles. The highest BCUT2D eigenvalue weighted by molar-refractivity contribution is 5.45. The minimum Gasteiger partial charge on any atom is -0.508 e. The van der Waals surface area contributed by atoms with Crippen molar-refractivity contribution in [1.82, 2.24) is 0 Å². The van der Waals surface area contributed by atoms with Crippen LogP contribution in [-0.2, 0) is 6.42 Å². The molecule has 2 aromatic carbocycles. The van der Waals surface area contributed by atoms with E-state index in [1.165, 1.54) is 6.07 Å². The van der Waals surface area contributed by atoms with Crippen LogP contribution in [0.3, 0.4) is 0 Å². The topological polar surface area (TPSA) is 20.2 Å². The van der Waals surface area contributed by atoms with Crippen LogP contribution >= 0.6 is 0 Å². The molecule has 2 aromatic rings. The zero-order chi connectivity index (χ0) is 12.5. The Balaban J connectivity index is 2.09. The minimum absolute atomic E-state index is 0.174. The zero-order valence-electron chi connectivity index (χ0n) is 10.1. The third kappa shape index (κ3) is 1.88. The number of hydrogen-bond donors (Lipinski definition) is 1. The summed E-state index contributed by atoms with van der Waals surface area (Å²) in [7, 11) is 0. The second-order valence-electron chi connectivity index (χ2n) is 4.85. The molecule has 1 aliphatic carbocycles. The second-order valence-corrected chi connectivity index (χ2v) is 4.85. The first-order valence-electron chi connectivity index (χ1n) is 6.32. The fourth-order valence-electron chi connectivity index (χ4n) is 2.89. The van der Waals surface area contributed by atoms with Gasteiger partial charge in [0, 0.05) is 11.5 Å². The van der Waals surface area contributed by atoms with E-state index in [1.54, 1.807) is 12.1 Å². The van der Waals surface area contributed by atoms with E-state index in [9.17, 15) is 9.50 Å². The molecule has 18 heavy (non-hydrogen) atoms. The van der Waals surface area contributed by atoms with Gasteiger partial charge >= 0.3 is 0 Å². The molecule has 0 aliphatic heterocycles. The molecule has 0 radical (unpaired) electrons. The van der Waals surface area contributed by atoms with E-state index in [1.807, 2.05) is 24.3 Å². The Morgan fingerprint density at radius 1 is 1.06 bits per heavy atom. The van der Waals surface area contributed by atoms with E-state index in [4.69, 9.17) is 0 Å². The van der Waals surface area contributed by atoms with Gasteiger partial charge in [-0.2, -0.15) is 0 Å². The number of benzene rings is 2. The van der Waals surface area contributed by atoms with Gasteiger partial charge in [0.25, 0.3) is 0 Å². The summed E-state index contributed by atoms with van der Waals surface area (Å²) in [5.41, 5.74) is 3.18. The third-order valence-electron chi connectivity index (χ3n) is 3.73. The van der Waals surface area contributed by atoms with Gasteiger partial charge in [0.2, 0.25) is 0 Å². The quantitative estimate of drug-likeness (QED) is 0.801. The Hall–Kier alpha value is -1.83. The second kappa shape index (κ2) is 4.45. The lowest BCUT2D eigenvalue weighted by molar-refractivity contribution is 0.459. The smallest absolute Gasteiger partial charge is 0.123 e. The fraction of sp³-hybridized carbons (Fsp3) is 0.250. The maximum atomic E-state index is 13.3. The first-order chi connectivity index (χ1) is 8.75. The number of hydrogen-bond acceptors (Lipinski definition) is 1. The summed E-state index contributed by atoms with van der Waals surface area (Å²) < 4.78 is 13.3. The highest BCUT2D eigenvalue weighted by Gasteiger charge is 2.23. The van der Waals surface area contributed by atoms with Gasteiger partial charge in [-0.15, -0.1) is 0 Å². The molecule has 0 aromatic heterocycles. The van der Waals surface area contributed by atoms with Crippen molar-refractivity contribution in [2.24, 2.45) is 0 Å². The molecule has 0 bridgehead atoms. The van der Waals surface area contributed by atoms with Gasteiger partial charge in [0.15, 0.2) is 0 Å². The first-order valence-corrected chi connectivity index (χ1v) is 6.32. The van der Waals surface area contributed by atoms with Crippen LogP contribution in [0, 0.1) is 5.82 Å². The molecule has 1 N–H and O–H groups in total. The number of phenols is 1. The predicted octanol–water partition coefficient (Wildman–Crippen LogP) is 4.00. The molecule has 0 fully saturated rings. The van der Waals surface area contributed by atoms with E-state index in [2.05, 4.69) is 0 Å². The predicted molar refractivity (Wildman–Crippen MR) is 69.3 cm³/mol. The van der Waals surface area contributed by atoms with Gasteiger partial charge in [-0.25, -0.2) is 4.39 Å². The average Bonchev–Trinajstić information content (AvgIpc) is 2.38. The van der Waals surface area contributed by atoms with Gasteiger partial charge in [-0.05, 0) is 48.6 Å². The number of aromatic hydroxyl groups is 1. The molecule has 0 amide bonds. The molecular formula is C16H15FO. The monoisotopic (exact) mass is 242 g/mol. The van der Waals surface area contributed by atoms with Gasteiger partial charge in [0.1, 0.15) is 11.6 Å². The highest BCUT2D eigenvalue weighted by Crippen LogP contribution is 2.39. The molecule has 0 spiro atoms. The Labute approximate surface area is 106 Å². The van der Waals surface area contributed by atoms with E-state index in [0.717, 1.165) is 36.0 Å². The summed E-state index contributed by atoms with van der Waals surface area (Å²) in [5, 5.41) is 9.97. The van der Waals surface area contributed by atoms with Crippen molar-refractivity contribution in [3.63, 3.8) is 0 Å². The summed E-state index contributed by atoms with van der Waals surface area (Å²) in [6.45, 7) is 0. The van der Waals surface area contributed by atoms with Crippen molar-refractivity contribution in [3.8, 4) is 5.75 Å². The van der Waals surface area contributed by atoms with Crippen LogP contribution in [-0.4, -0.2) is 5.11 Å². The van der Waals surface area contributed by atoms with E-state index >= 15 is 0 Å². The van der Waals surface area contributed by atoms with Crippen molar-refractivity contribution in [3.05, 3.63) is 65.0 Å². The SMILES string of the molecule is Oc1ccccc1C1CCCc2cc(F)ccc21. The fourth-order valence-corrected chi connectivity index (χ4v) is 2.89. The van der Waals surface area contributed by atoms with E-state index in [-0.39, 0.29) is 11.7 Å². The van der Waals surface area contributed by atoms with Crippen molar-refractivity contribution in [2.45, 2.75) is 25.2 Å². The first kappa shape index (κ1) is 11.3. The molecule has 3 rings (SSSR count). The van der Waals surface area contributed by atoms with Crippen molar-refractivity contribution >= 4 is 0 Å². The molecule has 1 atom stereocenters. The molecule has 0 heterocycles. The van der Waals surface area contributed by atoms with Gasteiger partial charge in [-0.1, -0.05) is 24.3 Å². The van der Waals surface area contributed by atoms with Gasteiger partial charge in [-0.3, -0.25) is 0 Å². The summed E-state index contributed by atoms with van der Waals surface area (Å²) >= 11 is 0. The van der Waals surface area contributed by atoms with Crippen LogP contribution in [0.5, 0.6) is 5.75 Å². The number of fused-ring (bicyclic) bond motifs is 1. The van der Waals surface area contributed by atoms with Crippen LogP contribution in [0.2, 0.25) is 0 Å². The molecule has 0 saturated carbocycles. The number of phenolic OH excluding ortho intramolecular Hbond substituents is 1. The molecule has 2 heteroatoms. The lowest BCUT2D eigenvalue weighted by atomic mass is 9.78. The molecule has 92 valence electrons. The largest absolute Gasteiger partial charge is 0.508 e. The van der Waals surface area contributed by atoms with Crippen LogP contribution in [0.15, 0.2) is 42.5 Å².